The molecule has 1 aliphatic carbocycles. The molecular weight excluding hydrogens is 334 g/mol. The lowest BCUT2D eigenvalue weighted by Crippen LogP contribution is -2.11. The lowest BCUT2D eigenvalue weighted by atomic mass is 10.2. The topological polar surface area (TPSA) is 60.2 Å². The highest BCUT2D eigenvalue weighted by Crippen LogP contribution is 2.38. The van der Waals surface area contributed by atoms with Crippen molar-refractivity contribution in [1.82, 2.24) is 15.5 Å². The van der Waals surface area contributed by atoms with Crippen molar-refractivity contribution < 1.29 is 9.26 Å². The van der Waals surface area contributed by atoms with Gasteiger partial charge in [-0.3, -0.25) is 0 Å². The van der Waals surface area contributed by atoms with E-state index in [1.165, 1.54) is 18.4 Å². The highest BCUT2D eigenvalue weighted by molar-refractivity contribution is 9.10. The molecule has 0 aliphatic heterocycles. The van der Waals surface area contributed by atoms with Crippen LogP contribution in [0.4, 0.5) is 0 Å². The highest BCUT2D eigenvalue weighted by Gasteiger charge is 2.28. The van der Waals surface area contributed by atoms with Gasteiger partial charge in [0.05, 0.1) is 4.47 Å². The van der Waals surface area contributed by atoms with E-state index < -0.39 is 0 Å². The van der Waals surface area contributed by atoms with Gasteiger partial charge in [-0.05, 0) is 53.0 Å². The van der Waals surface area contributed by atoms with Crippen molar-refractivity contribution in [2.24, 2.45) is 0 Å². The number of hydrogen-bond donors (Lipinski definition) is 1. The third kappa shape index (κ3) is 3.83. The summed E-state index contributed by atoms with van der Waals surface area (Å²) in [5.74, 6) is 2.62. The van der Waals surface area contributed by atoms with Gasteiger partial charge in [-0.15, -0.1) is 0 Å². The van der Waals surface area contributed by atoms with E-state index in [1.807, 2.05) is 12.1 Å². The smallest absolute Gasteiger partial charge is 0.264 e. The van der Waals surface area contributed by atoms with Crippen LogP contribution in [0.5, 0.6) is 5.75 Å². The van der Waals surface area contributed by atoms with Crippen LogP contribution in [0.15, 0.2) is 27.2 Å². The number of aromatic nitrogens is 2. The van der Waals surface area contributed by atoms with E-state index in [0.29, 0.717) is 18.4 Å². The maximum atomic E-state index is 5.73. The summed E-state index contributed by atoms with van der Waals surface area (Å²) in [5, 5.41) is 7.27. The minimum absolute atomic E-state index is 0.297. The Bertz CT molecular complexity index is 611. The second-order valence-corrected chi connectivity index (χ2v) is 6.01. The van der Waals surface area contributed by atoms with Crippen molar-refractivity contribution in [1.29, 1.82) is 0 Å². The minimum atomic E-state index is 0.297. The van der Waals surface area contributed by atoms with Gasteiger partial charge in [-0.1, -0.05) is 18.1 Å². The van der Waals surface area contributed by atoms with Crippen LogP contribution < -0.4 is 10.1 Å². The van der Waals surface area contributed by atoms with Crippen LogP contribution in [-0.4, -0.2) is 16.7 Å². The summed E-state index contributed by atoms with van der Waals surface area (Å²) < 4.78 is 11.9. The molecule has 1 N–H and O–H groups in total. The summed E-state index contributed by atoms with van der Waals surface area (Å²) in [6.07, 6.45) is 2.33. The zero-order valence-electron chi connectivity index (χ0n) is 11.9. The van der Waals surface area contributed by atoms with Gasteiger partial charge >= 0.3 is 0 Å². The fourth-order valence-corrected chi connectivity index (χ4v) is 2.55. The third-order valence-electron chi connectivity index (χ3n) is 3.35. The molecule has 3 rings (SSSR count). The molecule has 6 heteroatoms. The SMILES string of the molecule is CCNCc1ccc(OCc2nc(C3CC3)no2)c(Br)c1. The molecule has 1 aromatic heterocycles. The Morgan fingerprint density at radius 2 is 2.29 bits per heavy atom. The van der Waals surface area contributed by atoms with Crippen LogP contribution in [-0.2, 0) is 13.2 Å². The quantitative estimate of drug-likeness (QED) is 0.828. The fraction of sp³-hybridized carbons (Fsp3) is 0.467. The van der Waals surface area contributed by atoms with Crippen molar-refractivity contribution in [2.45, 2.75) is 38.8 Å². The Hall–Kier alpha value is -1.40. The van der Waals surface area contributed by atoms with Gasteiger partial charge in [0.1, 0.15) is 5.75 Å². The zero-order chi connectivity index (χ0) is 14.7. The summed E-state index contributed by atoms with van der Waals surface area (Å²) in [4.78, 5) is 4.35. The average Bonchev–Trinajstić information content (AvgIpc) is 3.23. The summed E-state index contributed by atoms with van der Waals surface area (Å²) in [6, 6.07) is 6.06. The molecule has 1 saturated carbocycles. The molecule has 5 nitrogen and oxygen atoms in total. The molecule has 112 valence electrons. The second-order valence-electron chi connectivity index (χ2n) is 5.15. The Kier molecular flexibility index (Phi) is 4.55. The van der Waals surface area contributed by atoms with Crippen LogP contribution >= 0.6 is 15.9 Å². The molecule has 0 saturated heterocycles. The van der Waals surface area contributed by atoms with E-state index in [2.05, 4.69) is 44.4 Å². The monoisotopic (exact) mass is 351 g/mol. The van der Waals surface area contributed by atoms with E-state index in [4.69, 9.17) is 9.26 Å². The van der Waals surface area contributed by atoms with Gasteiger partial charge in [0.25, 0.3) is 5.89 Å². The van der Waals surface area contributed by atoms with Gasteiger partial charge in [-0.25, -0.2) is 0 Å². The average molecular weight is 352 g/mol. The first-order valence-electron chi connectivity index (χ1n) is 7.20. The van der Waals surface area contributed by atoms with Crippen molar-refractivity contribution in [3.8, 4) is 5.75 Å². The van der Waals surface area contributed by atoms with Gasteiger partial charge in [0, 0.05) is 12.5 Å². The predicted molar refractivity (Wildman–Crippen MR) is 82.1 cm³/mol. The molecule has 0 unspecified atom stereocenters. The Morgan fingerprint density at radius 3 is 3.00 bits per heavy atom. The van der Waals surface area contributed by atoms with Crippen LogP contribution in [0.25, 0.3) is 0 Å². The zero-order valence-corrected chi connectivity index (χ0v) is 13.5. The van der Waals surface area contributed by atoms with E-state index in [9.17, 15) is 0 Å². The lowest BCUT2D eigenvalue weighted by molar-refractivity contribution is 0.241. The normalized spacial score (nSPS) is 14.4. The summed E-state index contributed by atoms with van der Waals surface area (Å²) in [7, 11) is 0. The molecule has 0 amide bonds. The Balaban J connectivity index is 1.58. The van der Waals surface area contributed by atoms with Crippen molar-refractivity contribution in [2.75, 3.05) is 6.54 Å². The third-order valence-corrected chi connectivity index (χ3v) is 3.97. The maximum Gasteiger partial charge on any atom is 0.264 e. The summed E-state index contributed by atoms with van der Waals surface area (Å²) in [5.41, 5.74) is 1.21. The van der Waals surface area contributed by atoms with Crippen LogP contribution in [0.3, 0.4) is 0 Å². The molecule has 1 heterocycles. The summed E-state index contributed by atoms with van der Waals surface area (Å²) in [6.45, 7) is 4.19. The van der Waals surface area contributed by atoms with E-state index in [0.717, 1.165) is 29.1 Å². The number of hydrogen-bond acceptors (Lipinski definition) is 5. The Labute approximate surface area is 132 Å². The van der Waals surface area contributed by atoms with Crippen molar-refractivity contribution in [3.05, 3.63) is 40.0 Å². The largest absolute Gasteiger partial charge is 0.483 e. The minimum Gasteiger partial charge on any atom is -0.483 e. The van der Waals surface area contributed by atoms with Crippen molar-refractivity contribution in [3.63, 3.8) is 0 Å². The first kappa shape index (κ1) is 14.5. The van der Waals surface area contributed by atoms with E-state index in [1.54, 1.807) is 0 Å². The van der Waals surface area contributed by atoms with Crippen LogP contribution in [0.1, 0.15) is 43.0 Å². The first-order chi connectivity index (χ1) is 10.3. The molecule has 2 aromatic rings. The summed E-state index contributed by atoms with van der Waals surface area (Å²) >= 11 is 3.53. The van der Waals surface area contributed by atoms with E-state index >= 15 is 0 Å². The molecule has 0 spiro atoms. The van der Waals surface area contributed by atoms with E-state index in [-0.39, 0.29) is 0 Å². The number of halogens is 1. The lowest BCUT2D eigenvalue weighted by Gasteiger charge is -2.08. The Morgan fingerprint density at radius 1 is 1.43 bits per heavy atom. The molecule has 1 aliphatic rings. The molecule has 0 radical (unpaired) electrons. The predicted octanol–water partition coefficient (Wildman–Crippen LogP) is 3.40. The van der Waals surface area contributed by atoms with Gasteiger partial charge in [0.15, 0.2) is 12.4 Å². The molecule has 21 heavy (non-hydrogen) atoms. The molecule has 0 bridgehead atoms. The molecule has 1 aromatic carbocycles. The van der Waals surface area contributed by atoms with Crippen LogP contribution in [0.2, 0.25) is 0 Å². The first-order valence-corrected chi connectivity index (χ1v) is 8.00. The highest BCUT2D eigenvalue weighted by atomic mass is 79.9. The standard InChI is InChI=1S/C15H18BrN3O2/c1-2-17-8-10-3-6-13(12(16)7-10)20-9-14-18-15(19-21-14)11-4-5-11/h3,6-7,11,17H,2,4-5,8-9H2,1H3. The fourth-order valence-electron chi connectivity index (χ4n) is 2.01. The number of nitrogens with one attached hydrogen (secondary N) is 1. The number of ether oxygens (including phenoxy) is 1. The number of rotatable bonds is 7. The van der Waals surface area contributed by atoms with Gasteiger partial charge in [-0.2, -0.15) is 4.98 Å². The van der Waals surface area contributed by atoms with Gasteiger partial charge < -0.3 is 14.6 Å². The molecular formula is C15H18BrN3O2. The van der Waals surface area contributed by atoms with Gasteiger partial charge in [0.2, 0.25) is 0 Å². The number of benzene rings is 1. The molecule has 0 atom stereocenters. The van der Waals surface area contributed by atoms with Crippen LogP contribution in [0, 0.1) is 0 Å². The second kappa shape index (κ2) is 6.58. The van der Waals surface area contributed by atoms with Crippen molar-refractivity contribution >= 4 is 15.9 Å². The maximum absolute atomic E-state index is 5.73. The molecule has 1 fully saturated rings. The number of nitrogens with zero attached hydrogens (tertiary/aromatic N) is 2.